The van der Waals surface area contributed by atoms with Gasteiger partial charge < -0.3 is 4.74 Å². The van der Waals surface area contributed by atoms with Gasteiger partial charge in [-0.25, -0.2) is 0 Å². The highest BCUT2D eigenvalue weighted by Gasteiger charge is 2.46. The molecule has 2 unspecified atom stereocenters. The Bertz CT molecular complexity index is 962. The monoisotopic (exact) mass is 350 g/mol. The minimum Gasteiger partial charge on any atom is -0.378 e. The van der Waals surface area contributed by atoms with E-state index in [0.29, 0.717) is 17.2 Å². The van der Waals surface area contributed by atoms with E-state index in [0.717, 1.165) is 24.4 Å². The van der Waals surface area contributed by atoms with Crippen molar-refractivity contribution in [2.75, 3.05) is 13.7 Å². The molecule has 0 spiro atoms. The smallest absolute Gasteiger partial charge is 0.318 e. The fourth-order valence-electron chi connectivity index (χ4n) is 3.79. The number of benzene rings is 1. The molecule has 2 atom stereocenters. The SMILES string of the molecule is CC1OCCC1c1cn(C2=C3N(C)C(=O)c4ccccc4[N+]3C=N2)nn1. The van der Waals surface area contributed by atoms with Crippen LogP contribution in [0.5, 0.6) is 0 Å². The van der Waals surface area contributed by atoms with Crippen molar-refractivity contribution in [3.63, 3.8) is 0 Å². The van der Waals surface area contributed by atoms with Crippen LogP contribution in [0.2, 0.25) is 0 Å². The zero-order valence-corrected chi connectivity index (χ0v) is 14.5. The number of fused-ring (bicyclic) bond motifs is 3. The molecule has 1 radical (unpaired) electrons. The number of ether oxygens (including phenoxy) is 1. The van der Waals surface area contributed by atoms with Crippen LogP contribution in [0.1, 0.15) is 35.3 Å². The van der Waals surface area contributed by atoms with Crippen molar-refractivity contribution in [2.24, 2.45) is 4.99 Å². The summed E-state index contributed by atoms with van der Waals surface area (Å²) in [6.07, 6.45) is 4.67. The number of hydrogen-bond acceptors (Lipinski definition) is 6. The van der Waals surface area contributed by atoms with E-state index in [-0.39, 0.29) is 17.9 Å². The summed E-state index contributed by atoms with van der Waals surface area (Å²) in [4.78, 5) is 20.8. The Kier molecular flexibility index (Phi) is 3.31. The highest BCUT2D eigenvalue weighted by Crippen LogP contribution is 2.36. The maximum absolute atomic E-state index is 12.7. The first-order valence-electron chi connectivity index (χ1n) is 8.64. The standard InChI is InChI=1S/C18H18N6O2/c1-11-12(7-8-26-11)14-9-24(21-20-14)16-17-22(2)18(25)13-5-3-4-6-15(13)23(17)10-19-16/h3-6,9-12H,7-8H2,1-2H3/q+1. The zero-order valence-electron chi connectivity index (χ0n) is 14.5. The summed E-state index contributed by atoms with van der Waals surface area (Å²) in [5.74, 6) is 1.44. The van der Waals surface area contributed by atoms with E-state index in [2.05, 4.69) is 22.2 Å². The first-order chi connectivity index (χ1) is 12.6. The number of nitrogens with zero attached hydrogens (tertiary/aromatic N) is 6. The van der Waals surface area contributed by atoms with Gasteiger partial charge in [0.15, 0.2) is 0 Å². The lowest BCUT2D eigenvalue weighted by molar-refractivity contribution is 0.0815. The van der Waals surface area contributed by atoms with Crippen LogP contribution in [-0.4, -0.2) is 51.9 Å². The van der Waals surface area contributed by atoms with Crippen molar-refractivity contribution in [1.29, 1.82) is 0 Å². The maximum atomic E-state index is 12.7. The number of aliphatic imine (C=N–C) groups is 1. The summed E-state index contributed by atoms with van der Waals surface area (Å²) >= 11 is 0. The number of amides is 1. The summed E-state index contributed by atoms with van der Waals surface area (Å²) in [6.45, 7) is 2.80. The molecular weight excluding hydrogens is 332 g/mol. The van der Waals surface area contributed by atoms with E-state index in [4.69, 9.17) is 4.74 Å². The van der Waals surface area contributed by atoms with Crippen LogP contribution >= 0.6 is 0 Å². The predicted octanol–water partition coefficient (Wildman–Crippen LogP) is 1.85. The van der Waals surface area contributed by atoms with Crippen LogP contribution in [0.4, 0.5) is 5.69 Å². The van der Waals surface area contributed by atoms with Gasteiger partial charge in [0.25, 0.3) is 12.2 Å². The van der Waals surface area contributed by atoms with Crippen LogP contribution in [0.25, 0.3) is 5.82 Å². The first-order valence-corrected chi connectivity index (χ1v) is 8.64. The molecule has 1 saturated heterocycles. The molecule has 8 nitrogen and oxygen atoms in total. The molecule has 0 aliphatic carbocycles. The molecule has 2 aromatic rings. The Morgan fingerprint density at radius 1 is 1.31 bits per heavy atom. The molecule has 1 amide bonds. The van der Waals surface area contributed by atoms with Crippen molar-refractivity contribution in [3.05, 3.63) is 47.5 Å². The summed E-state index contributed by atoms with van der Waals surface area (Å²) in [7, 11) is 1.75. The Morgan fingerprint density at radius 3 is 2.96 bits per heavy atom. The van der Waals surface area contributed by atoms with Gasteiger partial charge in [0, 0.05) is 25.6 Å². The van der Waals surface area contributed by atoms with E-state index in [1.165, 1.54) is 0 Å². The van der Waals surface area contributed by atoms with E-state index in [1.54, 1.807) is 23.0 Å². The van der Waals surface area contributed by atoms with Crippen LogP contribution in [0, 0.1) is 0 Å². The van der Waals surface area contributed by atoms with E-state index < -0.39 is 0 Å². The summed E-state index contributed by atoms with van der Waals surface area (Å²) < 4.78 is 7.27. The number of hydrogen-bond donors (Lipinski definition) is 0. The van der Waals surface area contributed by atoms with Crippen LogP contribution in [-0.2, 0) is 4.74 Å². The van der Waals surface area contributed by atoms with Gasteiger partial charge in [-0.05, 0) is 24.3 Å². The molecule has 3 aliphatic heterocycles. The fourth-order valence-corrected chi connectivity index (χ4v) is 3.79. The third kappa shape index (κ3) is 2.09. The summed E-state index contributed by atoms with van der Waals surface area (Å²) in [6, 6.07) is 7.52. The Labute approximate surface area is 150 Å². The van der Waals surface area contributed by atoms with Gasteiger partial charge >= 0.3 is 5.82 Å². The van der Waals surface area contributed by atoms with Crippen molar-refractivity contribution in [1.82, 2.24) is 24.8 Å². The molecule has 1 fully saturated rings. The van der Waals surface area contributed by atoms with E-state index in [1.807, 2.05) is 35.4 Å². The second-order valence-corrected chi connectivity index (χ2v) is 6.70. The minimum absolute atomic E-state index is 0.0620. The van der Waals surface area contributed by atoms with Gasteiger partial charge in [-0.15, -0.1) is 5.10 Å². The molecule has 0 saturated carbocycles. The number of para-hydroxylation sites is 1. The maximum Gasteiger partial charge on any atom is 0.318 e. The van der Waals surface area contributed by atoms with E-state index in [9.17, 15) is 4.79 Å². The number of aromatic nitrogens is 3. The highest BCUT2D eigenvalue weighted by molar-refractivity contribution is 6.06. The predicted molar refractivity (Wildman–Crippen MR) is 94.8 cm³/mol. The third-order valence-electron chi connectivity index (χ3n) is 5.22. The molecule has 8 heteroatoms. The molecule has 0 bridgehead atoms. The van der Waals surface area contributed by atoms with Crippen molar-refractivity contribution < 1.29 is 9.53 Å². The molecule has 26 heavy (non-hydrogen) atoms. The topological polar surface area (TPSA) is 78.5 Å². The average molecular weight is 350 g/mol. The van der Waals surface area contributed by atoms with Crippen molar-refractivity contribution in [3.8, 4) is 0 Å². The molecule has 1 aromatic heterocycles. The first kappa shape index (κ1) is 15.4. The molecule has 131 valence electrons. The zero-order chi connectivity index (χ0) is 17.8. The second-order valence-electron chi connectivity index (χ2n) is 6.70. The van der Waals surface area contributed by atoms with Gasteiger partial charge in [0.2, 0.25) is 11.5 Å². The molecule has 5 rings (SSSR count). The number of carbonyl (C=O) groups is 1. The lowest BCUT2D eigenvalue weighted by atomic mass is 10.00. The van der Waals surface area contributed by atoms with Crippen molar-refractivity contribution in [2.45, 2.75) is 25.4 Å². The quantitative estimate of drug-likeness (QED) is 0.775. The Hall–Kier alpha value is -2.84. The molecule has 0 N–H and O–H groups in total. The fraction of sp³-hybridized carbons (Fsp3) is 0.333. The minimum atomic E-state index is -0.0620. The van der Waals surface area contributed by atoms with Crippen LogP contribution in [0.3, 0.4) is 0 Å². The molecular formula is C18H18N6O2+. The van der Waals surface area contributed by atoms with Gasteiger partial charge in [-0.2, -0.15) is 9.67 Å². The van der Waals surface area contributed by atoms with E-state index >= 15 is 0 Å². The lowest BCUT2D eigenvalue weighted by Crippen LogP contribution is -2.41. The molecule has 3 aliphatic rings. The van der Waals surface area contributed by atoms with Gasteiger partial charge in [-0.3, -0.25) is 9.69 Å². The molecule has 1 aromatic carbocycles. The third-order valence-corrected chi connectivity index (χ3v) is 5.22. The molecule has 4 heterocycles. The Balaban J connectivity index is 1.58. The van der Waals surface area contributed by atoms with Crippen LogP contribution < -0.4 is 4.90 Å². The second kappa shape index (κ2) is 5.58. The number of carbonyl (C=O) groups excluding carboxylic acids is 1. The largest absolute Gasteiger partial charge is 0.378 e. The van der Waals surface area contributed by atoms with Gasteiger partial charge in [0.1, 0.15) is 5.56 Å². The van der Waals surface area contributed by atoms with Crippen molar-refractivity contribution >= 4 is 23.8 Å². The number of rotatable bonds is 2. The van der Waals surface area contributed by atoms with Gasteiger partial charge in [0.05, 0.1) is 18.0 Å². The normalized spacial score (nSPS) is 25.2. The summed E-state index contributed by atoms with van der Waals surface area (Å²) in [5, 5.41) is 8.58. The number of anilines is 1. The van der Waals surface area contributed by atoms with Crippen LogP contribution in [0.15, 0.2) is 41.3 Å². The Morgan fingerprint density at radius 2 is 2.15 bits per heavy atom. The van der Waals surface area contributed by atoms with Gasteiger partial charge in [-0.1, -0.05) is 17.3 Å². The highest BCUT2D eigenvalue weighted by atomic mass is 16.5. The summed E-state index contributed by atoms with van der Waals surface area (Å²) in [5.41, 5.74) is 2.37. The average Bonchev–Trinajstić information content (AvgIpc) is 3.38. The lowest BCUT2D eigenvalue weighted by Gasteiger charge is -2.23.